The summed E-state index contributed by atoms with van der Waals surface area (Å²) in [5.74, 6) is -2.43. The van der Waals surface area contributed by atoms with Gasteiger partial charge in [-0.2, -0.15) is 13.2 Å². The van der Waals surface area contributed by atoms with Gasteiger partial charge in [-0.05, 0) is 42.3 Å². The molecule has 7 nitrogen and oxygen atoms in total. The first-order valence-corrected chi connectivity index (χ1v) is 13.2. The highest BCUT2D eigenvalue weighted by atomic mass is 19.4. The number of piperidine rings is 1. The van der Waals surface area contributed by atoms with Crippen LogP contribution in [-0.2, 0) is 10.9 Å². The molecule has 1 unspecified atom stereocenters. The lowest BCUT2D eigenvalue weighted by atomic mass is 10.0. The molecule has 2 aliphatic rings. The van der Waals surface area contributed by atoms with Crippen molar-refractivity contribution in [3.05, 3.63) is 65.0 Å². The number of anilines is 1. The summed E-state index contributed by atoms with van der Waals surface area (Å²) in [7, 11) is 0. The molecule has 12 heteroatoms. The number of pyridine rings is 2. The number of alkyl halides is 5. The monoisotopic (exact) mass is 563 g/mol. The molecule has 1 N–H and O–H groups in total. The molecule has 0 aliphatic carbocycles. The lowest BCUT2D eigenvalue weighted by molar-refractivity contribution is -0.141. The number of halogens is 5. The molecule has 4 heterocycles. The quantitative estimate of drug-likeness (QED) is 0.426. The maximum absolute atomic E-state index is 13.6. The second kappa shape index (κ2) is 11.2. The molecule has 3 aromatic rings. The highest BCUT2D eigenvalue weighted by Gasteiger charge is 2.36. The number of rotatable bonds is 6. The molecule has 0 bridgehead atoms. The number of aromatic nitrogens is 2. The van der Waals surface area contributed by atoms with Crippen LogP contribution in [0.4, 0.5) is 27.8 Å². The Labute approximate surface area is 228 Å². The van der Waals surface area contributed by atoms with Crippen LogP contribution in [0, 0.1) is 6.92 Å². The van der Waals surface area contributed by atoms with E-state index in [1.165, 1.54) is 19.2 Å². The Morgan fingerprint density at radius 2 is 1.82 bits per heavy atom. The fourth-order valence-corrected chi connectivity index (χ4v) is 5.29. The van der Waals surface area contributed by atoms with E-state index in [-0.39, 0.29) is 43.9 Å². The number of ether oxygens (including phenoxy) is 1. The van der Waals surface area contributed by atoms with Gasteiger partial charge in [0.25, 0.3) is 11.8 Å². The Balaban J connectivity index is 1.35. The summed E-state index contributed by atoms with van der Waals surface area (Å²) in [6.07, 6.45) is -3.78. The number of benzene rings is 1. The first-order valence-electron chi connectivity index (χ1n) is 13.2. The fourth-order valence-electron chi connectivity index (χ4n) is 5.29. The third-order valence-corrected chi connectivity index (χ3v) is 7.48. The highest BCUT2D eigenvalue weighted by molar-refractivity contribution is 6.06. The van der Waals surface area contributed by atoms with E-state index < -0.39 is 23.8 Å². The number of nitrogens with zero attached hydrogens (tertiary/aromatic N) is 4. The van der Waals surface area contributed by atoms with Crippen molar-refractivity contribution in [2.75, 3.05) is 50.8 Å². The highest BCUT2D eigenvalue weighted by Crippen LogP contribution is 2.33. The summed E-state index contributed by atoms with van der Waals surface area (Å²) >= 11 is 0. The molecule has 1 atom stereocenters. The van der Waals surface area contributed by atoms with E-state index >= 15 is 0 Å². The minimum absolute atomic E-state index is 0.0166. The van der Waals surface area contributed by atoms with E-state index in [0.29, 0.717) is 54.2 Å². The number of nitrogens with one attached hydrogen (secondary N) is 1. The van der Waals surface area contributed by atoms with Crippen molar-refractivity contribution in [3.63, 3.8) is 0 Å². The van der Waals surface area contributed by atoms with Crippen molar-refractivity contribution < 1.29 is 31.5 Å². The number of hydrogen-bond acceptors (Lipinski definition) is 6. The van der Waals surface area contributed by atoms with Crippen LogP contribution < -0.4 is 10.2 Å². The van der Waals surface area contributed by atoms with E-state index in [0.717, 1.165) is 0 Å². The van der Waals surface area contributed by atoms with Gasteiger partial charge in [-0.1, -0.05) is 12.1 Å². The molecule has 2 aliphatic heterocycles. The standard InChI is InChI=1S/C28H30F5N5O2/c1-18-15-19(16-34-25(18)28(31,32)33)23(37-11-13-40-14-12-37)17-35-26(39)21-3-2-4-22-20(21)5-6-24(36-22)38-9-7-27(29,30)8-10-38/h2-6,15-16,23H,7-14,17H2,1H3,(H,35,39). The molecule has 2 saturated heterocycles. The molecule has 40 heavy (non-hydrogen) atoms. The van der Waals surface area contributed by atoms with Crippen LogP contribution in [0.5, 0.6) is 0 Å². The van der Waals surface area contributed by atoms with E-state index in [2.05, 4.69) is 20.2 Å². The van der Waals surface area contributed by atoms with Gasteiger partial charge in [0.05, 0.1) is 24.8 Å². The van der Waals surface area contributed by atoms with Crippen molar-refractivity contribution in [1.29, 1.82) is 0 Å². The number of morpholine rings is 1. The Hall–Kier alpha value is -3.38. The third kappa shape index (κ3) is 6.17. The predicted molar refractivity (Wildman–Crippen MR) is 140 cm³/mol. The molecular weight excluding hydrogens is 533 g/mol. The molecule has 0 saturated carbocycles. The summed E-state index contributed by atoms with van der Waals surface area (Å²) in [4.78, 5) is 25.5. The number of hydrogen-bond donors (Lipinski definition) is 1. The van der Waals surface area contributed by atoms with E-state index in [9.17, 15) is 26.7 Å². The van der Waals surface area contributed by atoms with Crippen molar-refractivity contribution in [3.8, 4) is 0 Å². The number of carbonyl (C=O) groups is 1. The van der Waals surface area contributed by atoms with Crippen LogP contribution in [0.3, 0.4) is 0 Å². The van der Waals surface area contributed by atoms with Gasteiger partial charge in [0.1, 0.15) is 11.5 Å². The summed E-state index contributed by atoms with van der Waals surface area (Å²) < 4.78 is 72.4. The second-order valence-electron chi connectivity index (χ2n) is 10.2. The van der Waals surface area contributed by atoms with Crippen molar-refractivity contribution >= 4 is 22.6 Å². The lowest BCUT2D eigenvalue weighted by Crippen LogP contribution is -2.44. The average Bonchev–Trinajstić information content (AvgIpc) is 2.92. The normalized spacial score (nSPS) is 19.0. The van der Waals surface area contributed by atoms with Gasteiger partial charge >= 0.3 is 6.18 Å². The van der Waals surface area contributed by atoms with Gasteiger partial charge in [0.15, 0.2) is 0 Å². The summed E-state index contributed by atoms with van der Waals surface area (Å²) in [5.41, 5.74) is 0.618. The van der Waals surface area contributed by atoms with Crippen LogP contribution in [-0.4, -0.2) is 72.6 Å². The molecule has 0 radical (unpaired) electrons. The van der Waals surface area contributed by atoms with Crippen LogP contribution in [0.25, 0.3) is 10.9 Å². The van der Waals surface area contributed by atoms with Gasteiger partial charge in [-0.3, -0.25) is 14.7 Å². The Kier molecular flexibility index (Phi) is 7.92. The molecule has 1 amide bonds. The van der Waals surface area contributed by atoms with Crippen LogP contribution in [0.1, 0.15) is 46.1 Å². The maximum Gasteiger partial charge on any atom is 0.433 e. The predicted octanol–water partition coefficient (Wildman–Crippen LogP) is 5.00. The van der Waals surface area contributed by atoms with Gasteiger partial charge in [0, 0.05) is 62.7 Å². The smallest absolute Gasteiger partial charge is 0.379 e. The molecule has 2 fully saturated rings. The Morgan fingerprint density at radius 3 is 2.50 bits per heavy atom. The first kappa shape index (κ1) is 28.2. The fraction of sp³-hybridized carbons (Fsp3) is 0.464. The first-order chi connectivity index (χ1) is 19.0. The number of amides is 1. The zero-order chi connectivity index (χ0) is 28.5. The van der Waals surface area contributed by atoms with Gasteiger partial charge in [0.2, 0.25) is 0 Å². The van der Waals surface area contributed by atoms with Gasteiger partial charge in [-0.15, -0.1) is 0 Å². The van der Waals surface area contributed by atoms with E-state index in [1.54, 1.807) is 30.3 Å². The Morgan fingerprint density at radius 1 is 1.10 bits per heavy atom. The van der Waals surface area contributed by atoms with Crippen molar-refractivity contribution in [2.45, 2.75) is 37.9 Å². The second-order valence-corrected chi connectivity index (χ2v) is 10.2. The number of carbonyl (C=O) groups excluding carboxylic acids is 1. The summed E-state index contributed by atoms with van der Waals surface area (Å²) in [6.45, 7) is 4.00. The molecule has 5 rings (SSSR count). The average molecular weight is 564 g/mol. The van der Waals surface area contributed by atoms with Crippen LogP contribution in [0.2, 0.25) is 0 Å². The molecule has 214 valence electrons. The zero-order valence-corrected chi connectivity index (χ0v) is 22.0. The topological polar surface area (TPSA) is 70.6 Å². The van der Waals surface area contributed by atoms with E-state index in [1.807, 2.05) is 4.90 Å². The number of aryl methyl sites for hydroxylation is 1. The molecule has 1 aromatic carbocycles. The van der Waals surface area contributed by atoms with E-state index in [4.69, 9.17) is 4.74 Å². The molecule has 2 aromatic heterocycles. The van der Waals surface area contributed by atoms with Gasteiger partial charge < -0.3 is 15.0 Å². The SMILES string of the molecule is Cc1cc(C(CNC(=O)c2cccc3nc(N4CCC(F)(F)CC4)ccc23)N2CCOCC2)cnc1C(F)(F)F. The van der Waals surface area contributed by atoms with Crippen LogP contribution >= 0.6 is 0 Å². The molecule has 0 spiro atoms. The number of fused-ring (bicyclic) bond motifs is 1. The lowest BCUT2D eigenvalue weighted by Gasteiger charge is -2.35. The zero-order valence-electron chi connectivity index (χ0n) is 22.0. The van der Waals surface area contributed by atoms with Gasteiger partial charge in [-0.25, -0.2) is 13.8 Å². The minimum Gasteiger partial charge on any atom is -0.379 e. The Bertz CT molecular complexity index is 1370. The maximum atomic E-state index is 13.6. The summed E-state index contributed by atoms with van der Waals surface area (Å²) in [5, 5.41) is 3.56. The minimum atomic E-state index is -4.55. The van der Waals surface area contributed by atoms with Crippen molar-refractivity contribution in [2.24, 2.45) is 0 Å². The third-order valence-electron chi connectivity index (χ3n) is 7.48. The molecular formula is C28H30F5N5O2. The largest absolute Gasteiger partial charge is 0.433 e. The van der Waals surface area contributed by atoms with Crippen LogP contribution in [0.15, 0.2) is 42.6 Å². The van der Waals surface area contributed by atoms with Crippen molar-refractivity contribution in [1.82, 2.24) is 20.2 Å². The summed E-state index contributed by atoms with van der Waals surface area (Å²) in [6, 6.07) is 9.72.